The third kappa shape index (κ3) is 4.78. The van der Waals surface area contributed by atoms with Gasteiger partial charge in [0, 0.05) is 23.7 Å². The third-order valence-corrected chi connectivity index (χ3v) is 7.91. The molecule has 2 aromatic rings. The summed E-state index contributed by atoms with van der Waals surface area (Å²) in [6, 6.07) is 4.54. The van der Waals surface area contributed by atoms with E-state index in [1.165, 1.54) is 11.8 Å². The number of nitrogens with zero attached hydrogens (tertiary/aromatic N) is 3. The molecule has 10 heteroatoms. The first-order chi connectivity index (χ1) is 13.6. The summed E-state index contributed by atoms with van der Waals surface area (Å²) in [5.74, 6) is 0.0560. The van der Waals surface area contributed by atoms with Gasteiger partial charge in [-0.3, -0.25) is 14.2 Å². The lowest BCUT2D eigenvalue weighted by atomic mass is 10.2. The van der Waals surface area contributed by atoms with E-state index in [-0.39, 0.29) is 40.8 Å². The van der Waals surface area contributed by atoms with E-state index in [4.69, 9.17) is 11.6 Å². The molecule has 0 N–H and O–H groups in total. The number of aromatic nitrogens is 2. The van der Waals surface area contributed by atoms with Crippen molar-refractivity contribution in [2.75, 3.05) is 23.8 Å². The first kappa shape index (κ1) is 22.1. The molecule has 0 radical (unpaired) electrons. The van der Waals surface area contributed by atoms with E-state index in [1.807, 2.05) is 20.8 Å². The highest BCUT2D eigenvalue weighted by molar-refractivity contribution is 7.99. The molecule has 158 valence electrons. The van der Waals surface area contributed by atoms with Crippen molar-refractivity contribution in [3.63, 3.8) is 0 Å². The Morgan fingerprint density at radius 3 is 2.72 bits per heavy atom. The van der Waals surface area contributed by atoms with Crippen LogP contribution in [-0.4, -0.2) is 58.6 Å². The molecule has 7 nitrogen and oxygen atoms in total. The Kier molecular flexibility index (Phi) is 6.60. The van der Waals surface area contributed by atoms with Crippen LogP contribution in [0.4, 0.5) is 0 Å². The summed E-state index contributed by atoms with van der Waals surface area (Å²) in [7, 11) is -3.07. The maximum atomic E-state index is 12.9. The smallest absolute Gasteiger partial charge is 0.262 e. The van der Waals surface area contributed by atoms with Crippen LogP contribution in [0.25, 0.3) is 10.9 Å². The van der Waals surface area contributed by atoms with Crippen LogP contribution in [0.15, 0.2) is 28.2 Å². The summed E-state index contributed by atoms with van der Waals surface area (Å²) >= 11 is 7.23. The molecule has 3 rings (SSSR count). The van der Waals surface area contributed by atoms with Crippen LogP contribution < -0.4 is 5.56 Å². The van der Waals surface area contributed by atoms with Crippen LogP contribution in [0.2, 0.25) is 5.02 Å². The van der Waals surface area contributed by atoms with Gasteiger partial charge in [-0.05, 0) is 45.4 Å². The number of carbonyl (C=O) groups is 1. The second-order valence-corrected chi connectivity index (χ2v) is 11.0. The maximum absolute atomic E-state index is 12.9. The van der Waals surface area contributed by atoms with Crippen LogP contribution >= 0.6 is 23.4 Å². The minimum atomic E-state index is -3.07. The molecule has 0 unspecified atom stereocenters. The van der Waals surface area contributed by atoms with Crippen LogP contribution in [0, 0.1) is 0 Å². The van der Waals surface area contributed by atoms with Crippen LogP contribution in [-0.2, 0) is 14.6 Å². The number of benzene rings is 1. The molecule has 1 atom stereocenters. The molecule has 1 amide bonds. The van der Waals surface area contributed by atoms with Crippen molar-refractivity contribution in [3.05, 3.63) is 33.6 Å². The minimum Gasteiger partial charge on any atom is -0.338 e. The van der Waals surface area contributed by atoms with E-state index in [1.54, 1.807) is 27.7 Å². The molecule has 29 heavy (non-hydrogen) atoms. The molecule has 2 heterocycles. The van der Waals surface area contributed by atoms with E-state index in [0.29, 0.717) is 34.0 Å². The Balaban J connectivity index is 1.86. The number of fused-ring (bicyclic) bond motifs is 1. The molecule has 1 aromatic carbocycles. The highest BCUT2D eigenvalue weighted by Crippen LogP contribution is 2.24. The molecular formula is C19H24ClN3O4S2. The van der Waals surface area contributed by atoms with E-state index < -0.39 is 9.84 Å². The first-order valence-corrected chi connectivity index (χ1v) is 12.7. The topological polar surface area (TPSA) is 89.3 Å². The molecule has 1 aliphatic rings. The summed E-state index contributed by atoms with van der Waals surface area (Å²) < 4.78 is 25.1. The summed E-state index contributed by atoms with van der Waals surface area (Å²) in [4.78, 5) is 31.9. The van der Waals surface area contributed by atoms with Crippen molar-refractivity contribution in [2.24, 2.45) is 0 Å². The second-order valence-electron chi connectivity index (χ2n) is 7.35. The van der Waals surface area contributed by atoms with Gasteiger partial charge in [0.25, 0.3) is 5.56 Å². The average Bonchev–Trinajstić information content (AvgIpc) is 2.99. The monoisotopic (exact) mass is 457 g/mol. The van der Waals surface area contributed by atoms with Crippen molar-refractivity contribution in [1.82, 2.24) is 14.5 Å². The third-order valence-electron chi connectivity index (χ3n) is 4.98. The standard InChI is InChI=1S/C19H24ClN3O4S2/c1-4-22(14-7-8-29(26,27)11-14)17(24)10-28-19-21-16-9-13(20)5-6-15(16)18(25)23(19)12(2)3/h5-6,9,12,14H,4,7-8,10-11H2,1-3H3/t14-/m1/s1. The highest BCUT2D eigenvalue weighted by Gasteiger charge is 2.34. The predicted molar refractivity (Wildman–Crippen MR) is 117 cm³/mol. The molecule has 1 aromatic heterocycles. The first-order valence-electron chi connectivity index (χ1n) is 9.47. The fraction of sp³-hybridized carbons (Fsp3) is 0.526. The zero-order valence-corrected chi connectivity index (χ0v) is 19.0. The van der Waals surface area contributed by atoms with E-state index in [2.05, 4.69) is 4.98 Å². The Hall–Kier alpha value is -1.58. The van der Waals surface area contributed by atoms with Gasteiger partial charge in [0.15, 0.2) is 15.0 Å². The van der Waals surface area contributed by atoms with Gasteiger partial charge >= 0.3 is 0 Å². The van der Waals surface area contributed by atoms with Gasteiger partial charge < -0.3 is 4.90 Å². The summed E-state index contributed by atoms with van der Waals surface area (Å²) in [5, 5.41) is 1.41. The van der Waals surface area contributed by atoms with Gasteiger partial charge in [-0.1, -0.05) is 23.4 Å². The number of thioether (sulfide) groups is 1. The summed E-state index contributed by atoms with van der Waals surface area (Å²) in [6.07, 6.45) is 0.468. The SMILES string of the molecule is CCN(C(=O)CSc1nc2cc(Cl)ccc2c(=O)n1C(C)C)[C@@H]1CCS(=O)(=O)C1. The summed E-state index contributed by atoms with van der Waals surface area (Å²) in [6.45, 7) is 6.06. The lowest BCUT2D eigenvalue weighted by Crippen LogP contribution is -2.42. The molecule has 1 aliphatic heterocycles. The molecule has 1 fully saturated rings. The van der Waals surface area contributed by atoms with E-state index >= 15 is 0 Å². The zero-order valence-electron chi connectivity index (χ0n) is 16.6. The number of amides is 1. The minimum absolute atomic E-state index is 0.0146. The molecule has 1 saturated heterocycles. The lowest BCUT2D eigenvalue weighted by molar-refractivity contribution is -0.129. The Bertz CT molecular complexity index is 1100. The number of sulfone groups is 1. The normalized spacial score (nSPS) is 18.4. The van der Waals surface area contributed by atoms with E-state index in [0.717, 1.165) is 0 Å². The second kappa shape index (κ2) is 8.65. The Morgan fingerprint density at radius 2 is 2.14 bits per heavy atom. The average molecular weight is 458 g/mol. The van der Waals surface area contributed by atoms with Gasteiger partial charge in [0.1, 0.15) is 0 Å². The largest absolute Gasteiger partial charge is 0.338 e. The highest BCUT2D eigenvalue weighted by atomic mass is 35.5. The fourth-order valence-electron chi connectivity index (χ4n) is 3.58. The van der Waals surface area contributed by atoms with Crippen molar-refractivity contribution >= 4 is 50.0 Å². The number of hydrogen-bond acceptors (Lipinski definition) is 6. The van der Waals surface area contributed by atoms with Crippen molar-refractivity contribution < 1.29 is 13.2 Å². The van der Waals surface area contributed by atoms with Gasteiger partial charge in [0.2, 0.25) is 5.91 Å². The molecule has 0 saturated carbocycles. The van der Waals surface area contributed by atoms with Crippen molar-refractivity contribution in [1.29, 1.82) is 0 Å². The van der Waals surface area contributed by atoms with E-state index in [9.17, 15) is 18.0 Å². The number of rotatable bonds is 6. The van der Waals surface area contributed by atoms with Gasteiger partial charge in [0.05, 0.1) is 28.2 Å². The molecular weight excluding hydrogens is 434 g/mol. The van der Waals surface area contributed by atoms with Gasteiger partial charge in [-0.15, -0.1) is 0 Å². The molecule has 0 bridgehead atoms. The van der Waals surface area contributed by atoms with Crippen LogP contribution in [0.1, 0.15) is 33.2 Å². The van der Waals surface area contributed by atoms with Gasteiger partial charge in [-0.2, -0.15) is 0 Å². The van der Waals surface area contributed by atoms with Crippen molar-refractivity contribution in [3.8, 4) is 0 Å². The lowest BCUT2D eigenvalue weighted by Gasteiger charge is -2.27. The van der Waals surface area contributed by atoms with Crippen LogP contribution in [0.3, 0.4) is 0 Å². The van der Waals surface area contributed by atoms with Crippen LogP contribution in [0.5, 0.6) is 0 Å². The molecule has 0 aliphatic carbocycles. The molecule has 0 spiro atoms. The number of halogens is 1. The Labute approximate surface area is 179 Å². The predicted octanol–water partition coefficient (Wildman–Crippen LogP) is 2.76. The number of carbonyl (C=O) groups excluding carboxylic acids is 1. The van der Waals surface area contributed by atoms with Gasteiger partial charge in [-0.25, -0.2) is 13.4 Å². The fourth-order valence-corrected chi connectivity index (χ4v) is 6.49. The quantitative estimate of drug-likeness (QED) is 0.489. The maximum Gasteiger partial charge on any atom is 0.262 e. The zero-order chi connectivity index (χ0) is 21.3. The number of hydrogen-bond donors (Lipinski definition) is 0. The summed E-state index contributed by atoms with van der Waals surface area (Å²) in [5.41, 5.74) is 0.314. The Morgan fingerprint density at radius 1 is 1.41 bits per heavy atom. The van der Waals surface area contributed by atoms with Crippen molar-refractivity contribution in [2.45, 2.75) is 44.4 Å².